The van der Waals surface area contributed by atoms with Gasteiger partial charge in [0.05, 0.1) is 12.2 Å². The van der Waals surface area contributed by atoms with Gasteiger partial charge in [-0.05, 0) is 24.6 Å². The van der Waals surface area contributed by atoms with E-state index in [0.29, 0.717) is 22.4 Å². The van der Waals surface area contributed by atoms with Crippen LogP contribution in [0.5, 0.6) is 5.75 Å². The summed E-state index contributed by atoms with van der Waals surface area (Å²) in [5, 5.41) is 0.626. The fourth-order valence-corrected chi connectivity index (χ4v) is 1.48. The number of ether oxygens (including phenoxy) is 1. The maximum Gasteiger partial charge on any atom is 0.130 e. The molecule has 0 aromatic heterocycles. The Hall–Kier alpha value is -0.800. The molecule has 82 valence electrons. The van der Waals surface area contributed by atoms with Crippen molar-refractivity contribution in [1.29, 1.82) is 0 Å². The normalized spacial score (nSPS) is 10.0. The molecule has 0 bridgehead atoms. The lowest BCUT2D eigenvalue weighted by atomic mass is 10.2. The minimum absolute atomic E-state index is 0.332. The number of benzene rings is 1. The van der Waals surface area contributed by atoms with Crippen LogP contribution in [0.2, 0.25) is 5.02 Å². The van der Waals surface area contributed by atoms with Gasteiger partial charge < -0.3 is 10.5 Å². The third-order valence-electron chi connectivity index (χ3n) is 1.96. The van der Waals surface area contributed by atoms with Crippen LogP contribution in [-0.2, 0) is 0 Å². The van der Waals surface area contributed by atoms with Crippen LogP contribution in [-0.4, -0.2) is 11.6 Å². The summed E-state index contributed by atoms with van der Waals surface area (Å²) >= 11 is 10.8. The van der Waals surface area contributed by atoms with Crippen molar-refractivity contribution in [2.75, 3.05) is 6.61 Å². The molecule has 2 N–H and O–H groups in total. The summed E-state index contributed by atoms with van der Waals surface area (Å²) in [6.07, 6.45) is 2.09. The fourth-order valence-electron chi connectivity index (χ4n) is 1.15. The molecule has 0 spiro atoms. The lowest BCUT2D eigenvalue weighted by molar-refractivity contribution is 0.309. The Bertz CT molecular complexity index is 354. The molecule has 1 aromatic rings. The molecule has 4 heteroatoms. The van der Waals surface area contributed by atoms with Crippen molar-refractivity contribution in [3.05, 3.63) is 28.8 Å². The summed E-state index contributed by atoms with van der Waals surface area (Å²) in [6.45, 7) is 2.77. The van der Waals surface area contributed by atoms with Crippen molar-refractivity contribution in [3.63, 3.8) is 0 Å². The van der Waals surface area contributed by atoms with E-state index < -0.39 is 0 Å². The Morgan fingerprint density at radius 2 is 2.27 bits per heavy atom. The van der Waals surface area contributed by atoms with Crippen molar-refractivity contribution in [2.45, 2.75) is 19.8 Å². The zero-order valence-corrected chi connectivity index (χ0v) is 10.2. The molecule has 0 aliphatic carbocycles. The predicted molar refractivity (Wildman–Crippen MR) is 67.7 cm³/mol. The maximum atomic E-state index is 5.87. The van der Waals surface area contributed by atoms with E-state index >= 15 is 0 Å². The number of halogens is 1. The average Bonchev–Trinajstić information content (AvgIpc) is 2.18. The Morgan fingerprint density at radius 3 is 2.87 bits per heavy atom. The van der Waals surface area contributed by atoms with E-state index in [9.17, 15) is 0 Å². The zero-order chi connectivity index (χ0) is 11.3. The van der Waals surface area contributed by atoms with Crippen LogP contribution in [0.25, 0.3) is 0 Å². The van der Waals surface area contributed by atoms with Gasteiger partial charge in [0.15, 0.2) is 0 Å². The fraction of sp³-hybridized carbons (Fsp3) is 0.364. The molecule has 0 saturated carbocycles. The van der Waals surface area contributed by atoms with Crippen LogP contribution in [0.3, 0.4) is 0 Å². The molecule has 2 nitrogen and oxygen atoms in total. The van der Waals surface area contributed by atoms with Crippen molar-refractivity contribution < 1.29 is 4.74 Å². The van der Waals surface area contributed by atoms with E-state index in [-0.39, 0.29) is 0 Å². The van der Waals surface area contributed by atoms with Crippen LogP contribution in [0, 0.1) is 0 Å². The second kappa shape index (κ2) is 5.93. The first-order chi connectivity index (χ1) is 7.15. The highest BCUT2D eigenvalue weighted by atomic mass is 35.5. The van der Waals surface area contributed by atoms with Crippen molar-refractivity contribution in [3.8, 4) is 5.75 Å². The van der Waals surface area contributed by atoms with Gasteiger partial charge in [-0.15, -0.1) is 0 Å². The van der Waals surface area contributed by atoms with Crippen LogP contribution in [0.1, 0.15) is 25.3 Å². The largest absolute Gasteiger partial charge is 0.493 e. The molecule has 0 aliphatic heterocycles. The van der Waals surface area contributed by atoms with Gasteiger partial charge in [0.1, 0.15) is 10.7 Å². The van der Waals surface area contributed by atoms with E-state index in [4.69, 9.17) is 34.3 Å². The van der Waals surface area contributed by atoms with Crippen LogP contribution in [0.4, 0.5) is 0 Å². The molecule has 0 amide bonds. The summed E-state index contributed by atoms with van der Waals surface area (Å²) in [6, 6.07) is 5.28. The van der Waals surface area contributed by atoms with Gasteiger partial charge in [0.2, 0.25) is 0 Å². The minimum Gasteiger partial charge on any atom is -0.493 e. The van der Waals surface area contributed by atoms with E-state index in [1.54, 1.807) is 18.2 Å². The first kappa shape index (κ1) is 12.3. The second-order valence-electron chi connectivity index (χ2n) is 3.21. The number of hydrogen-bond donors (Lipinski definition) is 1. The van der Waals surface area contributed by atoms with Gasteiger partial charge in [-0.25, -0.2) is 0 Å². The Kier molecular flexibility index (Phi) is 4.85. The molecule has 1 rings (SSSR count). The molecule has 15 heavy (non-hydrogen) atoms. The highest BCUT2D eigenvalue weighted by Crippen LogP contribution is 2.23. The van der Waals surface area contributed by atoms with Crippen LogP contribution in [0.15, 0.2) is 18.2 Å². The Balaban J connectivity index is 2.82. The van der Waals surface area contributed by atoms with Crippen LogP contribution < -0.4 is 10.5 Å². The maximum absolute atomic E-state index is 5.87. The first-order valence-electron chi connectivity index (χ1n) is 4.87. The molecule has 0 aliphatic rings. The topological polar surface area (TPSA) is 35.2 Å². The minimum atomic E-state index is 0.332. The van der Waals surface area contributed by atoms with Gasteiger partial charge in [0, 0.05) is 5.02 Å². The molecule has 0 unspecified atom stereocenters. The van der Waals surface area contributed by atoms with E-state index in [0.717, 1.165) is 18.4 Å². The molecular formula is C11H14ClNOS. The Labute approximate surface area is 100 Å². The quantitative estimate of drug-likeness (QED) is 0.637. The molecular weight excluding hydrogens is 230 g/mol. The van der Waals surface area contributed by atoms with Gasteiger partial charge in [0.25, 0.3) is 0 Å². The average molecular weight is 244 g/mol. The molecule has 0 heterocycles. The van der Waals surface area contributed by atoms with Gasteiger partial charge in [-0.1, -0.05) is 37.2 Å². The highest BCUT2D eigenvalue weighted by Gasteiger charge is 2.06. The van der Waals surface area contributed by atoms with E-state index in [2.05, 4.69) is 6.92 Å². The number of unbranched alkanes of at least 4 members (excludes halogenated alkanes) is 1. The zero-order valence-electron chi connectivity index (χ0n) is 8.63. The monoisotopic (exact) mass is 243 g/mol. The molecule has 0 atom stereocenters. The van der Waals surface area contributed by atoms with E-state index in [1.807, 2.05) is 0 Å². The number of thiocarbonyl (C=S) groups is 1. The standard InChI is InChI=1S/C11H14ClNOS/c1-2-3-6-14-10-7-8(12)4-5-9(10)11(13)15/h4-5,7H,2-3,6H2,1H3,(H2,13,15). The summed E-state index contributed by atoms with van der Waals surface area (Å²) in [5.41, 5.74) is 6.32. The van der Waals surface area contributed by atoms with Crippen molar-refractivity contribution in [1.82, 2.24) is 0 Å². The summed E-state index contributed by atoms with van der Waals surface area (Å²) in [4.78, 5) is 0.332. The SMILES string of the molecule is CCCCOc1cc(Cl)ccc1C(N)=S. The van der Waals surface area contributed by atoms with Gasteiger partial charge >= 0.3 is 0 Å². The molecule has 1 aromatic carbocycles. The molecule has 0 radical (unpaired) electrons. The number of hydrogen-bond acceptors (Lipinski definition) is 2. The first-order valence-corrected chi connectivity index (χ1v) is 5.66. The Morgan fingerprint density at radius 1 is 1.53 bits per heavy atom. The highest BCUT2D eigenvalue weighted by molar-refractivity contribution is 7.80. The van der Waals surface area contributed by atoms with Crippen molar-refractivity contribution in [2.24, 2.45) is 5.73 Å². The summed E-state index contributed by atoms with van der Waals surface area (Å²) in [5.74, 6) is 0.670. The number of nitrogens with two attached hydrogens (primary N) is 1. The lowest BCUT2D eigenvalue weighted by Gasteiger charge is -2.10. The summed E-state index contributed by atoms with van der Waals surface area (Å²) in [7, 11) is 0. The van der Waals surface area contributed by atoms with Crippen molar-refractivity contribution >= 4 is 28.8 Å². The molecule has 0 fully saturated rings. The van der Waals surface area contributed by atoms with Gasteiger partial charge in [-0.3, -0.25) is 0 Å². The van der Waals surface area contributed by atoms with Gasteiger partial charge in [-0.2, -0.15) is 0 Å². The lowest BCUT2D eigenvalue weighted by Crippen LogP contribution is -2.12. The summed E-state index contributed by atoms with van der Waals surface area (Å²) < 4.78 is 5.57. The third kappa shape index (κ3) is 3.68. The predicted octanol–water partition coefficient (Wildman–Crippen LogP) is 3.15. The van der Waals surface area contributed by atoms with Crippen LogP contribution >= 0.6 is 23.8 Å². The second-order valence-corrected chi connectivity index (χ2v) is 4.08. The third-order valence-corrected chi connectivity index (χ3v) is 2.42. The number of rotatable bonds is 5. The van der Waals surface area contributed by atoms with E-state index in [1.165, 1.54) is 0 Å². The smallest absolute Gasteiger partial charge is 0.130 e. The molecule has 0 saturated heterocycles.